The molecule has 1 saturated heterocycles. The molecule has 0 amide bonds. The minimum Gasteiger partial charge on any atom is -0.480 e. The van der Waals surface area contributed by atoms with E-state index < -0.39 is 21.3 Å². The summed E-state index contributed by atoms with van der Waals surface area (Å²) in [6.07, 6.45) is 0.334. The van der Waals surface area contributed by atoms with E-state index in [0.29, 0.717) is 13.0 Å². The summed E-state index contributed by atoms with van der Waals surface area (Å²) in [5.74, 6) is -1.09. The fraction of sp³-hybridized carbons (Fsp3) is 0.462. The van der Waals surface area contributed by atoms with Gasteiger partial charge >= 0.3 is 5.97 Å². The van der Waals surface area contributed by atoms with Crippen LogP contribution in [0.4, 0.5) is 0 Å². The highest BCUT2D eigenvalue weighted by Gasteiger charge is 2.41. The summed E-state index contributed by atoms with van der Waals surface area (Å²) >= 11 is 3.26. The quantitative estimate of drug-likeness (QED) is 0.784. The first-order chi connectivity index (χ1) is 9.73. The van der Waals surface area contributed by atoms with Crippen LogP contribution in [0.25, 0.3) is 0 Å². The maximum atomic E-state index is 12.2. The average Bonchev–Trinajstić information content (AvgIpc) is 2.81. The molecular formula is C13H17BrN2O4S. The van der Waals surface area contributed by atoms with Crippen molar-refractivity contribution in [2.75, 3.05) is 25.4 Å². The van der Waals surface area contributed by atoms with Crippen LogP contribution >= 0.6 is 15.9 Å². The van der Waals surface area contributed by atoms with Crippen molar-refractivity contribution in [2.24, 2.45) is 5.73 Å². The minimum absolute atomic E-state index is 0.0513. The zero-order chi connectivity index (χ0) is 15.7. The van der Waals surface area contributed by atoms with Gasteiger partial charge in [0.2, 0.25) is 0 Å². The van der Waals surface area contributed by atoms with E-state index in [9.17, 15) is 13.2 Å². The Hall–Kier alpha value is -0.960. The van der Waals surface area contributed by atoms with Gasteiger partial charge in [0.25, 0.3) is 0 Å². The first kappa shape index (κ1) is 16.4. The van der Waals surface area contributed by atoms with Crippen molar-refractivity contribution in [2.45, 2.75) is 16.9 Å². The van der Waals surface area contributed by atoms with Gasteiger partial charge in [-0.3, -0.25) is 9.69 Å². The van der Waals surface area contributed by atoms with Crippen LogP contribution in [0.15, 0.2) is 33.6 Å². The van der Waals surface area contributed by atoms with Crippen molar-refractivity contribution in [3.63, 3.8) is 0 Å². The third-order valence-corrected chi connectivity index (χ3v) is 5.89. The van der Waals surface area contributed by atoms with Gasteiger partial charge in [-0.15, -0.1) is 0 Å². The number of aliphatic carboxylic acids is 1. The van der Waals surface area contributed by atoms with Gasteiger partial charge in [-0.05, 0) is 30.7 Å². The number of sulfone groups is 1. The number of rotatable bonds is 5. The summed E-state index contributed by atoms with van der Waals surface area (Å²) in [4.78, 5) is 13.1. The predicted molar refractivity (Wildman–Crippen MR) is 81.8 cm³/mol. The lowest BCUT2D eigenvalue weighted by Gasteiger charge is -2.19. The topological polar surface area (TPSA) is 101 Å². The van der Waals surface area contributed by atoms with Gasteiger partial charge in [0, 0.05) is 24.1 Å². The lowest BCUT2D eigenvalue weighted by Crippen LogP contribution is -2.50. The van der Waals surface area contributed by atoms with Crippen molar-refractivity contribution < 1.29 is 18.3 Å². The van der Waals surface area contributed by atoms with Gasteiger partial charge in [-0.1, -0.05) is 15.9 Å². The Morgan fingerprint density at radius 1 is 1.38 bits per heavy atom. The van der Waals surface area contributed by atoms with E-state index in [2.05, 4.69) is 15.9 Å². The number of nitrogens with two attached hydrogens (primary N) is 1. The minimum atomic E-state index is -3.37. The molecule has 3 N–H and O–H groups in total. The van der Waals surface area contributed by atoms with Crippen molar-refractivity contribution in [3.05, 3.63) is 28.7 Å². The normalized spacial score (nSPS) is 23.3. The Balaban J connectivity index is 1.97. The van der Waals surface area contributed by atoms with Gasteiger partial charge in [-0.2, -0.15) is 0 Å². The lowest BCUT2D eigenvalue weighted by molar-refractivity contribution is -0.142. The molecule has 0 bridgehead atoms. The third-order valence-electron chi connectivity index (χ3n) is 3.65. The molecule has 6 nitrogen and oxygen atoms in total. The molecule has 0 aliphatic carbocycles. The van der Waals surface area contributed by atoms with Gasteiger partial charge in [-0.25, -0.2) is 8.42 Å². The van der Waals surface area contributed by atoms with E-state index in [-0.39, 0.29) is 23.7 Å². The molecule has 1 aliphatic rings. The Labute approximate surface area is 132 Å². The van der Waals surface area contributed by atoms with Gasteiger partial charge in [0.05, 0.1) is 10.6 Å². The fourth-order valence-electron chi connectivity index (χ4n) is 2.29. The van der Waals surface area contributed by atoms with E-state index in [1.807, 2.05) is 0 Å². The van der Waals surface area contributed by atoms with Crippen LogP contribution < -0.4 is 5.73 Å². The average molecular weight is 377 g/mol. The zero-order valence-corrected chi connectivity index (χ0v) is 13.7. The molecule has 1 heterocycles. The number of nitrogens with zero attached hydrogens (tertiary/aromatic N) is 1. The number of carbonyl (C=O) groups is 1. The largest absolute Gasteiger partial charge is 0.480 e. The molecular weight excluding hydrogens is 360 g/mol. The smallest absolute Gasteiger partial charge is 0.325 e. The molecule has 21 heavy (non-hydrogen) atoms. The first-order valence-corrected chi connectivity index (χ1v) is 8.90. The van der Waals surface area contributed by atoms with Crippen molar-refractivity contribution in [1.29, 1.82) is 0 Å². The third kappa shape index (κ3) is 3.82. The monoisotopic (exact) mass is 376 g/mol. The molecule has 1 aliphatic heterocycles. The predicted octanol–water partition coefficient (Wildman–Crippen LogP) is 0.711. The van der Waals surface area contributed by atoms with Crippen LogP contribution in [0, 0.1) is 0 Å². The van der Waals surface area contributed by atoms with E-state index >= 15 is 0 Å². The van der Waals surface area contributed by atoms with Gasteiger partial charge in [0.15, 0.2) is 9.84 Å². The van der Waals surface area contributed by atoms with Crippen LogP contribution in [0.1, 0.15) is 6.42 Å². The molecule has 0 radical (unpaired) electrons. The molecule has 8 heteroatoms. The first-order valence-electron chi connectivity index (χ1n) is 6.46. The highest BCUT2D eigenvalue weighted by Crippen LogP contribution is 2.20. The summed E-state index contributed by atoms with van der Waals surface area (Å²) in [6.45, 7) is 0.960. The molecule has 1 fully saturated rings. The Morgan fingerprint density at radius 2 is 2.00 bits per heavy atom. The maximum absolute atomic E-state index is 12.2. The SMILES string of the molecule is NC1(C(=O)O)CCN(CCS(=O)(=O)c2ccc(Br)cc2)C1. The molecule has 0 spiro atoms. The highest BCUT2D eigenvalue weighted by atomic mass is 79.9. The summed E-state index contributed by atoms with van der Waals surface area (Å²) in [7, 11) is -3.37. The molecule has 2 rings (SSSR count). The van der Waals surface area contributed by atoms with Crippen molar-refractivity contribution in [3.8, 4) is 0 Å². The second-order valence-electron chi connectivity index (χ2n) is 5.26. The van der Waals surface area contributed by atoms with E-state index in [0.717, 1.165) is 4.47 Å². The van der Waals surface area contributed by atoms with E-state index in [1.165, 1.54) is 0 Å². The van der Waals surface area contributed by atoms with Crippen LogP contribution in [0.3, 0.4) is 0 Å². The number of halogens is 1. The van der Waals surface area contributed by atoms with Gasteiger partial charge in [0.1, 0.15) is 5.54 Å². The molecule has 1 aromatic rings. The molecule has 116 valence electrons. The lowest BCUT2D eigenvalue weighted by atomic mass is 10.0. The Bertz CT molecular complexity index is 632. The number of hydrogen-bond acceptors (Lipinski definition) is 5. The second kappa shape index (κ2) is 6.04. The molecule has 1 aromatic carbocycles. The number of carboxylic acid groups (broad SMARTS) is 1. The number of hydrogen-bond donors (Lipinski definition) is 2. The van der Waals surface area contributed by atoms with Crippen molar-refractivity contribution >= 4 is 31.7 Å². The number of likely N-dealkylation sites (tertiary alicyclic amines) is 1. The Morgan fingerprint density at radius 3 is 2.52 bits per heavy atom. The number of benzene rings is 1. The zero-order valence-electron chi connectivity index (χ0n) is 11.3. The summed E-state index contributed by atoms with van der Waals surface area (Å²) in [5, 5.41) is 9.05. The summed E-state index contributed by atoms with van der Waals surface area (Å²) in [5.41, 5.74) is 4.50. The fourth-order valence-corrected chi connectivity index (χ4v) is 3.84. The Kier molecular flexibility index (Phi) is 4.72. The standard InChI is InChI=1S/C13H17BrN2O4S/c14-10-1-3-11(4-2-10)21(19,20)8-7-16-6-5-13(15,9-16)12(17)18/h1-4H,5-9,15H2,(H,17,18). The molecule has 1 unspecified atom stereocenters. The van der Waals surface area contributed by atoms with Crippen LogP contribution in [0.5, 0.6) is 0 Å². The molecule has 0 aromatic heterocycles. The number of carboxylic acids is 1. The van der Waals surface area contributed by atoms with E-state index in [4.69, 9.17) is 10.8 Å². The molecule has 1 atom stereocenters. The highest BCUT2D eigenvalue weighted by molar-refractivity contribution is 9.10. The van der Waals surface area contributed by atoms with Crippen molar-refractivity contribution in [1.82, 2.24) is 4.90 Å². The summed E-state index contributed by atoms with van der Waals surface area (Å²) < 4.78 is 25.2. The maximum Gasteiger partial charge on any atom is 0.325 e. The van der Waals surface area contributed by atoms with E-state index in [1.54, 1.807) is 29.2 Å². The van der Waals surface area contributed by atoms with Gasteiger partial charge < -0.3 is 10.8 Å². The van der Waals surface area contributed by atoms with Crippen LogP contribution in [-0.2, 0) is 14.6 Å². The van der Waals surface area contributed by atoms with Crippen LogP contribution in [-0.4, -0.2) is 55.3 Å². The molecule has 0 saturated carbocycles. The summed E-state index contributed by atoms with van der Waals surface area (Å²) in [6, 6.07) is 6.46. The van der Waals surface area contributed by atoms with Crippen LogP contribution in [0.2, 0.25) is 0 Å². The second-order valence-corrected chi connectivity index (χ2v) is 8.29.